The monoisotopic (exact) mass is 441 g/mol. The molecule has 32 heavy (non-hydrogen) atoms. The zero-order valence-corrected chi connectivity index (χ0v) is 17.9. The summed E-state index contributed by atoms with van der Waals surface area (Å²) in [6, 6.07) is 10.4. The van der Waals surface area contributed by atoms with Gasteiger partial charge in [0.05, 0.1) is 12.2 Å². The fraction of sp³-hybridized carbons (Fsp3) is 0.292. The van der Waals surface area contributed by atoms with Crippen LogP contribution in [0, 0.1) is 16.7 Å². The van der Waals surface area contributed by atoms with Gasteiger partial charge in [0.15, 0.2) is 0 Å². The first-order valence-corrected chi connectivity index (χ1v) is 9.87. The third-order valence-corrected chi connectivity index (χ3v) is 4.55. The second-order valence-corrected chi connectivity index (χ2v) is 8.59. The number of rotatable bonds is 5. The number of carbonyl (C=O) groups is 1. The molecule has 0 unspecified atom stereocenters. The summed E-state index contributed by atoms with van der Waals surface area (Å²) in [5.41, 5.74) is 0.370. The number of aromatic nitrogens is 2. The molecule has 0 aliphatic rings. The van der Waals surface area contributed by atoms with E-state index in [0.29, 0.717) is 22.2 Å². The van der Waals surface area contributed by atoms with Gasteiger partial charge < -0.3 is 9.30 Å². The van der Waals surface area contributed by atoms with Gasteiger partial charge in [0.25, 0.3) is 0 Å². The smallest absolute Gasteiger partial charge is 0.416 e. The van der Waals surface area contributed by atoms with E-state index in [1.54, 1.807) is 35.2 Å². The molecular formula is C24H22F3N3O2. The molecule has 0 radical (unpaired) electrons. The highest BCUT2D eigenvalue weighted by atomic mass is 19.4. The fourth-order valence-corrected chi connectivity index (χ4v) is 3.08. The minimum atomic E-state index is -4.43. The number of hydrogen-bond donors (Lipinski definition) is 0. The van der Waals surface area contributed by atoms with Crippen LogP contribution in [0.4, 0.5) is 13.2 Å². The quantitative estimate of drug-likeness (QED) is 0.294. The van der Waals surface area contributed by atoms with Gasteiger partial charge in [0.1, 0.15) is 17.3 Å². The summed E-state index contributed by atoms with van der Waals surface area (Å²) in [6.45, 7) is 6.01. The number of esters is 1. The molecule has 2 aromatic heterocycles. The molecule has 0 atom stereocenters. The number of fused-ring (bicyclic) bond motifs is 1. The van der Waals surface area contributed by atoms with Crippen molar-refractivity contribution in [2.24, 2.45) is 5.41 Å². The highest BCUT2D eigenvalue weighted by molar-refractivity contribution is 6.00. The van der Waals surface area contributed by atoms with Crippen molar-refractivity contribution < 1.29 is 22.7 Å². The number of halogens is 3. The number of pyridine rings is 1. The lowest BCUT2D eigenvalue weighted by Gasteiger charge is -2.17. The van der Waals surface area contributed by atoms with Gasteiger partial charge in [-0.3, -0.25) is 0 Å². The van der Waals surface area contributed by atoms with Crippen LogP contribution in [-0.4, -0.2) is 22.1 Å². The van der Waals surface area contributed by atoms with E-state index in [1.165, 1.54) is 12.1 Å². The van der Waals surface area contributed by atoms with Gasteiger partial charge in [-0.15, -0.1) is 0 Å². The Balaban J connectivity index is 1.96. The normalized spacial score (nSPS) is 12.6. The van der Waals surface area contributed by atoms with Gasteiger partial charge >= 0.3 is 12.1 Å². The fourth-order valence-electron chi connectivity index (χ4n) is 3.08. The SMILES string of the molecule is CC(C)(C)COC(=O)/C(C#N)=C/c1cn(Cc2cccc(C(F)(F)F)c2)c2ncccc12. The van der Waals surface area contributed by atoms with Crippen LogP contribution in [0.2, 0.25) is 0 Å². The molecule has 0 bridgehead atoms. The van der Waals surface area contributed by atoms with E-state index in [-0.39, 0.29) is 24.1 Å². The van der Waals surface area contributed by atoms with Crippen LogP contribution in [0.3, 0.4) is 0 Å². The summed E-state index contributed by atoms with van der Waals surface area (Å²) >= 11 is 0. The summed E-state index contributed by atoms with van der Waals surface area (Å²) < 4.78 is 46.1. The molecule has 5 nitrogen and oxygen atoms in total. The van der Waals surface area contributed by atoms with Gasteiger partial charge in [-0.2, -0.15) is 18.4 Å². The van der Waals surface area contributed by atoms with Crippen LogP contribution < -0.4 is 0 Å². The molecule has 0 N–H and O–H groups in total. The van der Waals surface area contributed by atoms with E-state index in [2.05, 4.69) is 4.98 Å². The summed E-state index contributed by atoms with van der Waals surface area (Å²) in [5.74, 6) is -0.731. The van der Waals surface area contributed by atoms with Crippen LogP contribution in [-0.2, 0) is 22.3 Å². The maximum atomic E-state index is 13.1. The third kappa shape index (κ3) is 5.55. The highest BCUT2D eigenvalue weighted by Crippen LogP contribution is 2.30. The predicted molar refractivity (Wildman–Crippen MR) is 114 cm³/mol. The lowest BCUT2D eigenvalue weighted by molar-refractivity contribution is -0.141. The number of nitrogens with zero attached hydrogens (tertiary/aromatic N) is 3. The van der Waals surface area contributed by atoms with E-state index in [9.17, 15) is 23.2 Å². The van der Waals surface area contributed by atoms with Crippen LogP contribution in [0.15, 0.2) is 54.4 Å². The topological polar surface area (TPSA) is 67.9 Å². The Morgan fingerprint density at radius 2 is 1.97 bits per heavy atom. The van der Waals surface area contributed by atoms with Crippen molar-refractivity contribution in [1.29, 1.82) is 5.26 Å². The van der Waals surface area contributed by atoms with Crippen molar-refractivity contribution >= 4 is 23.1 Å². The molecule has 0 fully saturated rings. The number of carbonyl (C=O) groups excluding carboxylic acids is 1. The van der Waals surface area contributed by atoms with E-state index in [4.69, 9.17) is 4.74 Å². The highest BCUT2D eigenvalue weighted by Gasteiger charge is 2.30. The first kappa shape index (κ1) is 23.1. The first-order valence-electron chi connectivity index (χ1n) is 9.87. The average Bonchev–Trinajstić information content (AvgIpc) is 3.06. The van der Waals surface area contributed by atoms with Gasteiger partial charge in [0.2, 0.25) is 0 Å². The van der Waals surface area contributed by atoms with Crippen molar-refractivity contribution in [1.82, 2.24) is 9.55 Å². The number of hydrogen-bond acceptors (Lipinski definition) is 4. The van der Waals surface area contributed by atoms with Crippen LogP contribution >= 0.6 is 0 Å². The molecule has 3 rings (SSSR count). The third-order valence-electron chi connectivity index (χ3n) is 4.55. The van der Waals surface area contributed by atoms with E-state index >= 15 is 0 Å². The minimum Gasteiger partial charge on any atom is -0.461 e. The Kier molecular flexibility index (Phi) is 6.40. The summed E-state index contributed by atoms with van der Waals surface area (Å²) in [5, 5.41) is 10.1. The molecular weight excluding hydrogens is 419 g/mol. The number of ether oxygens (including phenoxy) is 1. The van der Waals surface area contributed by atoms with Crippen molar-refractivity contribution in [3.63, 3.8) is 0 Å². The van der Waals surface area contributed by atoms with Crippen molar-refractivity contribution in [2.75, 3.05) is 6.61 Å². The van der Waals surface area contributed by atoms with Crippen LogP contribution in [0.5, 0.6) is 0 Å². The van der Waals surface area contributed by atoms with E-state index < -0.39 is 17.7 Å². The molecule has 2 heterocycles. The summed E-state index contributed by atoms with van der Waals surface area (Å²) in [7, 11) is 0. The largest absolute Gasteiger partial charge is 0.461 e. The number of nitriles is 1. The zero-order valence-electron chi connectivity index (χ0n) is 17.9. The molecule has 0 saturated heterocycles. The van der Waals surface area contributed by atoms with Crippen molar-refractivity contribution in [3.8, 4) is 6.07 Å². The Morgan fingerprint density at radius 1 is 1.22 bits per heavy atom. The Hall–Kier alpha value is -3.60. The molecule has 166 valence electrons. The first-order chi connectivity index (χ1) is 15.0. The second kappa shape index (κ2) is 8.87. The average molecular weight is 441 g/mol. The Bertz CT molecular complexity index is 1210. The minimum absolute atomic E-state index is 0.141. The standard InChI is InChI=1S/C24H22F3N3O2/c1-23(2,3)15-32-22(31)17(12-28)11-18-14-30(21-20(18)8-5-9-29-21)13-16-6-4-7-19(10-16)24(25,26)27/h4-11,14H,13,15H2,1-3H3/b17-11+. The Morgan fingerprint density at radius 3 is 2.62 bits per heavy atom. The van der Waals surface area contributed by atoms with Crippen LogP contribution in [0.25, 0.3) is 17.1 Å². The molecule has 0 amide bonds. The van der Waals surface area contributed by atoms with Gasteiger partial charge in [0, 0.05) is 29.9 Å². The van der Waals surface area contributed by atoms with Crippen molar-refractivity contribution in [3.05, 3.63) is 71.1 Å². The summed E-state index contributed by atoms with van der Waals surface area (Å²) in [6.07, 6.45) is 0.210. The van der Waals surface area contributed by atoms with Gasteiger partial charge in [-0.25, -0.2) is 9.78 Å². The Labute approximate surface area is 183 Å². The van der Waals surface area contributed by atoms with Gasteiger partial charge in [-0.05, 0) is 41.3 Å². The lowest BCUT2D eigenvalue weighted by Crippen LogP contribution is -2.19. The maximum absolute atomic E-state index is 13.1. The predicted octanol–water partition coefficient (Wildman–Crippen LogP) is 5.60. The molecule has 0 aliphatic heterocycles. The second-order valence-electron chi connectivity index (χ2n) is 8.59. The van der Waals surface area contributed by atoms with E-state index in [0.717, 1.165) is 12.1 Å². The molecule has 0 saturated carbocycles. The molecule has 1 aromatic carbocycles. The van der Waals surface area contributed by atoms with Crippen molar-refractivity contribution in [2.45, 2.75) is 33.5 Å². The number of alkyl halides is 3. The lowest BCUT2D eigenvalue weighted by atomic mass is 9.99. The van der Waals surface area contributed by atoms with E-state index in [1.807, 2.05) is 26.8 Å². The van der Waals surface area contributed by atoms with Crippen LogP contribution in [0.1, 0.15) is 37.5 Å². The molecule has 3 aromatic rings. The molecule has 0 spiro atoms. The summed E-state index contributed by atoms with van der Waals surface area (Å²) in [4.78, 5) is 16.7. The van der Waals surface area contributed by atoms with Gasteiger partial charge in [-0.1, -0.05) is 32.9 Å². The molecule has 8 heteroatoms. The number of benzene rings is 1. The maximum Gasteiger partial charge on any atom is 0.416 e. The zero-order chi connectivity index (χ0) is 23.5. The molecule has 0 aliphatic carbocycles.